The smallest absolute Gasteiger partial charge is 0.254 e. The Morgan fingerprint density at radius 3 is 2.55 bits per heavy atom. The third-order valence-corrected chi connectivity index (χ3v) is 6.13. The van der Waals surface area contributed by atoms with E-state index in [9.17, 15) is 9.59 Å². The maximum Gasteiger partial charge on any atom is 0.254 e. The van der Waals surface area contributed by atoms with Crippen LogP contribution in [0.3, 0.4) is 0 Å². The van der Waals surface area contributed by atoms with Gasteiger partial charge >= 0.3 is 0 Å². The highest BCUT2D eigenvalue weighted by Gasteiger charge is 2.29. The molecule has 5 heteroatoms. The highest BCUT2D eigenvalue weighted by molar-refractivity contribution is 6.08. The van der Waals surface area contributed by atoms with Crippen molar-refractivity contribution >= 4 is 22.6 Å². The van der Waals surface area contributed by atoms with Gasteiger partial charge < -0.3 is 15.0 Å². The molecule has 3 aromatic carbocycles. The Kier molecular flexibility index (Phi) is 6.21. The zero-order chi connectivity index (χ0) is 21.8. The number of ether oxygens (including phenoxy) is 1. The summed E-state index contributed by atoms with van der Waals surface area (Å²) in [5, 5.41) is 4.85. The maximum absolute atomic E-state index is 13.4. The van der Waals surface area contributed by atoms with Gasteiger partial charge in [-0.25, -0.2) is 0 Å². The van der Waals surface area contributed by atoms with Crippen LogP contribution >= 0.6 is 0 Å². The standard InChI is InChI=1S/C26H28N2O3/c1-18-8-3-4-9-19(18)16-27-25(29)20-10-7-15-28(17-20)26(30)23-13-14-24(31-2)22-12-6-5-11-21(22)23/h3-6,8-9,11-14,20H,7,10,15-17H2,1-2H3,(H,27,29)/t20-/m1/s1. The minimum atomic E-state index is -0.189. The van der Waals surface area contributed by atoms with Crippen molar-refractivity contribution in [3.63, 3.8) is 0 Å². The third-order valence-electron chi connectivity index (χ3n) is 6.13. The summed E-state index contributed by atoms with van der Waals surface area (Å²) in [5.74, 6) is 0.543. The van der Waals surface area contributed by atoms with E-state index in [1.807, 2.05) is 72.5 Å². The summed E-state index contributed by atoms with van der Waals surface area (Å²) in [5.41, 5.74) is 2.93. The fourth-order valence-electron chi connectivity index (χ4n) is 4.32. The van der Waals surface area contributed by atoms with E-state index in [1.54, 1.807) is 7.11 Å². The molecule has 0 radical (unpaired) electrons. The average Bonchev–Trinajstić information content (AvgIpc) is 2.82. The lowest BCUT2D eigenvalue weighted by molar-refractivity contribution is -0.126. The van der Waals surface area contributed by atoms with E-state index in [0.29, 0.717) is 25.2 Å². The summed E-state index contributed by atoms with van der Waals surface area (Å²) in [6, 6.07) is 19.5. The van der Waals surface area contributed by atoms with Crippen LogP contribution in [-0.2, 0) is 11.3 Å². The van der Waals surface area contributed by atoms with Crippen LogP contribution in [0.25, 0.3) is 10.8 Å². The molecule has 0 unspecified atom stereocenters. The van der Waals surface area contributed by atoms with Gasteiger partial charge in [0.1, 0.15) is 5.75 Å². The summed E-state index contributed by atoms with van der Waals surface area (Å²) < 4.78 is 5.45. The van der Waals surface area contributed by atoms with Gasteiger partial charge in [0.25, 0.3) is 5.91 Å². The lowest BCUT2D eigenvalue weighted by Crippen LogP contribution is -2.45. The molecule has 1 aliphatic rings. The number of benzene rings is 3. The second kappa shape index (κ2) is 9.21. The van der Waals surface area contributed by atoms with Crippen LogP contribution in [0.15, 0.2) is 60.7 Å². The summed E-state index contributed by atoms with van der Waals surface area (Å²) in [4.78, 5) is 28.0. The molecule has 0 saturated carbocycles. The highest BCUT2D eigenvalue weighted by atomic mass is 16.5. The van der Waals surface area contributed by atoms with Crippen molar-refractivity contribution in [2.45, 2.75) is 26.3 Å². The number of methoxy groups -OCH3 is 1. The molecule has 0 spiro atoms. The van der Waals surface area contributed by atoms with Crippen LogP contribution in [0.2, 0.25) is 0 Å². The van der Waals surface area contributed by atoms with E-state index >= 15 is 0 Å². The summed E-state index contributed by atoms with van der Waals surface area (Å²) in [7, 11) is 1.63. The molecule has 31 heavy (non-hydrogen) atoms. The minimum absolute atomic E-state index is 0.0142. The van der Waals surface area contributed by atoms with Crippen molar-refractivity contribution < 1.29 is 14.3 Å². The van der Waals surface area contributed by atoms with Crippen LogP contribution in [-0.4, -0.2) is 36.9 Å². The molecule has 1 aliphatic heterocycles. The van der Waals surface area contributed by atoms with Gasteiger partial charge in [-0.05, 0) is 48.4 Å². The topological polar surface area (TPSA) is 58.6 Å². The SMILES string of the molecule is COc1ccc(C(=O)N2CCC[C@@H](C(=O)NCc3ccccc3C)C2)c2ccccc12. The van der Waals surface area contributed by atoms with Crippen molar-refractivity contribution in [3.8, 4) is 5.75 Å². The number of nitrogens with zero attached hydrogens (tertiary/aromatic N) is 1. The molecular weight excluding hydrogens is 388 g/mol. The number of nitrogens with one attached hydrogen (secondary N) is 1. The van der Waals surface area contributed by atoms with Crippen LogP contribution in [0, 0.1) is 12.8 Å². The first-order valence-corrected chi connectivity index (χ1v) is 10.8. The first-order chi connectivity index (χ1) is 15.1. The number of fused-ring (bicyclic) bond motifs is 1. The number of hydrogen-bond donors (Lipinski definition) is 1. The molecule has 0 aliphatic carbocycles. The Labute approximate surface area is 183 Å². The normalized spacial score (nSPS) is 16.2. The number of rotatable bonds is 5. The fraction of sp³-hybridized carbons (Fsp3) is 0.308. The Morgan fingerprint density at radius 1 is 1.03 bits per heavy atom. The second-order valence-electron chi connectivity index (χ2n) is 8.10. The number of aryl methyl sites for hydroxylation is 1. The van der Waals surface area contributed by atoms with Crippen molar-refractivity contribution in [3.05, 3.63) is 77.4 Å². The fourth-order valence-corrected chi connectivity index (χ4v) is 4.32. The van der Waals surface area contributed by atoms with Crippen molar-refractivity contribution in [1.82, 2.24) is 10.2 Å². The van der Waals surface area contributed by atoms with E-state index in [-0.39, 0.29) is 17.7 Å². The van der Waals surface area contributed by atoms with Gasteiger partial charge in [0.2, 0.25) is 5.91 Å². The molecule has 1 N–H and O–H groups in total. The predicted molar refractivity (Wildman–Crippen MR) is 122 cm³/mol. The average molecular weight is 417 g/mol. The van der Waals surface area contributed by atoms with Gasteiger partial charge in [0.15, 0.2) is 0 Å². The predicted octanol–water partition coefficient (Wildman–Crippen LogP) is 4.33. The zero-order valence-electron chi connectivity index (χ0n) is 18.1. The maximum atomic E-state index is 13.4. The van der Waals surface area contributed by atoms with E-state index < -0.39 is 0 Å². The van der Waals surface area contributed by atoms with Crippen LogP contribution in [0.4, 0.5) is 0 Å². The lowest BCUT2D eigenvalue weighted by Gasteiger charge is -2.32. The summed E-state index contributed by atoms with van der Waals surface area (Å²) >= 11 is 0. The number of hydrogen-bond acceptors (Lipinski definition) is 3. The molecule has 1 saturated heterocycles. The number of piperidine rings is 1. The largest absolute Gasteiger partial charge is 0.496 e. The number of amides is 2. The molecule has 160 valence electrons. The van der Waals surface area contributed by atoms with E-state index in [4.69, 9.17) is 4.74 Å². The minimum Gasteiger partial charge on any atom is -0.496 e. The molecule has 0 aromatic heterocycles. The highest BCUT2D eigenvalue weighted by Crippen LogP contribution is 2.30. The van der Waals surface area contributed by atoms with Gasteiger partial charge in [-0.15, -0.1) is 0 Å². The Bertz CT molecular complexity index is 1110. The summed E-state index contributed by atoms with van der Waals surface area (Å²) in [6.07, 6.45) is 1.62. The molecule has 2 amide bonds. The van der Waals surface area contributed by atoms with Gasteiger partial charge in [0, 0.05) is 30.6 Å². The van der Waals surface area contributed by atoms with E-state index in [1.165, 1.54) is 0 Å². The molecule has 3 aromatic rings. The van der Waals surface area contributed by atoms with Gasteiger partial charge in [-0.2, -0.15) is 0 Å². The number of carbonyl (C=O) groups excluding carboxylic acids is 2. The van der Waals surface area contributed by atoms with Crippen molar-refractivity contribution in [2.75, 3.05) is 20.2 Å². The summed E-state index contributed by atoms with van der Waals surface area (Å²) in [6.45, 7) is 3.67. The number of likely N-dealkylation sites (tertiary alicyclic amines) is 1. The quantitative estimate of drug-likeness (QED) is 0.674. The van der Waals surface area contributed by atoms with Crippen molar-refractivity contribution in [2.24, 2.45) is 5.92 Å². The van der Waals surface area contributed by atoms with E-state index in [2.05, 4.69) is 5.32 Å². The second-order valence-corrected chi connectivity index (χ2v) is 8.10. The Hall–Kier alpha value is -3.34. The molecule has 1 fully saturated rings. The molecule has 1 atom stereocenters. The molecular formula is C26H28N2O3. The molecule has 4 rings (SSSR count). The van der Waals surface area contributed by atoms with E-state index in [0.717, 1.165) is 40.5 Å². The first-order valence-electron chi connectivity index (χ1n) is 10.8. The zero-order valence-corrected chi connectivity index (χ0v) is 18.1. The lowest BCUT2D eigenvalue weighted by atomic mass is 9.95. The van der Waals surface area contributed by atoms with Gasteiger partial charge in [-0.1, -0.05) is 48.5 Å². The van der Waals surface area contributed by atoms with Crippen LogP contribution in [0.1, 0.15) is 34.3 Å². The van der Waals surface area contributed by atoms with Crippen molar-refractivity contribution in [1.29, 1.82) is 0 Å². The first kappa shape index (κ1) is 20.9. The van der Waals surface area contributed by atoms with Gasteiger partial charge in [0.05, 0.1) is 13.0 Å². The molecule has 5 nitrogen and oxygen atoms in total. The van der Waals surface area contributed by atoms with Gasteiger partial charge in [-0.3, -0.25) is 9.59 Å². The third kappa shape index (κ3) is 4.41. The van der Waals surface area contributed by atoms with Crippen LogP contribution < -0.4 is 10.1 Å². The van der Waals surface area contributed by atoms with Crippen LogP contribution in [0.5, 0.6) is 5.75 Å². The monoisotopic (exact) mass is 416 g/mol. The Balaban J connectivity index is 1.47. The number of carbonyl (C=O) groups is 2. The Morgan fingerprint density at radius 2 is 1.77 bits per heavy atom. The molecule has 0 bridgehead atoms. The molecule has 1 heterocycles.